The molecule has 0 bridgehead atoms. The lowest BCUT2D eigenvalue weighted by molar-refractivity contribution is 1.08. The van der Waals surface area contributed by atoms with Gasteiger partial charge in [0.15, 0.2) is 5.82 Å². The predicted molar refractivity (Wildman–Crippen MR) is 246 cm³/mol. The fourth-order valence-corrected chi connectivity index (χ4v) is 11.7. The van der Waals surface area contributed by atoms with Crippen molar-refractivity contribution in [2.45, 2.75) is 0 Å². The van der Waals surface area contributed by atoms with Crippen molar-refractivity contribution < 1.29 is 0 Å². The fourth-order valence-electron chi connectivity index (χ4n) is 9.31. The van der Waals surface area contributed by atoms with Crippen molar-refractivity contribution in [1.82, 2.24) is 14.5 Å². The maximum atomic E-state index is 5.67. The summed E-state index contributed by atoms with van der Waals surface area (Å²) in [5.74, 6) is 0.827. The number of benzene rings is 9. The van der Waals surface area contributed by atoms with Gasteiger partial charge >= 0.3 is 0 Å². The van der Waals surface area contributed by atoms with E-state index in [-0.39, 0.29) is 0 Å². The van der Waals surface area contributed by atoms with Crippen molar-refractivity contribution in [3.05, 3.63) is 176 Å². The summed E-state index contributed by atoms with van der Waals surface area (Å²) in [6.45, 7) is 0. The number of hydrogen-bond acceptors (Lipinski definition) is 4. The van der Waals surface area contributed by atoms with Crippen LogP contribution in [0.25, 0.3) is 123 Å². The molecule has 0 atom stereocenters. The summed E-state index contributed by atoms with van der Waals surface area (Å²) in [5, 5.41) is 12.4. The monoisotopic (exact) mass is 759 g/mol. The highest BCUT2D eigenvalue weighted by atomic mass is 32.1. The molecule has 13 rings (SSSR count). The summed E-state index contributed by atoms with van der Waals surface area (Å²) in [7, 11) is 0. The standard InChI is InChI=1S/C52H29N3S2/c1-2-15-32(16-3-1)49-52(54-50-34-18-7-5-14-31(34)25-27-39(50)53-49)55-40-23-10-8-20-37(40)45-41(55)29-44-48(46-33-17-6-4-13-30(33)26-28-43(46)56-44)47(45)38-22-12-21-36-35-19-9-11-24-42(35)57-51(36)38/h1-29H. The van der Waals surface area contributed by atoms with Crippen molar-refractivity contribution in [3.8, 4) is 28.2 Å². The third-order valence-electron chi connectivity index (χ3n) is 11.8. The van der Waals surface area contributed by atoms with Gasteiger partial charge in [-0.05, 0) is 46.5 Å². The van der Waals surface area contributed by atoms with E-state index in [9.17, 15) is 0 Å². The van der Waals surface area contributed by atoms with E-state index < -0.39 is 0 Å². The molecular weight excluding hydrogens is 731 g/mol. The fraction of sp³-hybridized carbons (Fsp3) is 0. The molecule has 9 aromatic carbocycles. The zero-order chi connectivity index (χ0) is 37.2. The first kappa shape index (κ1) is 31.3. The van der Waals surface area contributed by atoms with Crippen LogP contribution >= 0.6 is 22.7 Å². The molecule has 0 spiro atoms. The molecule has 0 radical (unpaired) electrons. The van der Waals surface area contributed by atoms with Crippen molar-refractivity contribution in [3.63, 3.8) is 0 Å². The van der Waals surface area contributed by atoms with E-state index in [0.717, 1.165) is 49.9 Å². The van der Waals surface area contributed by atoms with Crippen molar-refractivity contribution in [1.29, 1.82) is 0 Å². The molecule has 4 aromatic heterocycles. The Labute approximate surface area is 334 Å². The lowest BCUT2D eigenvalue weighted by Crippen LogP contribution is -2.04. The Bertz CT molecular complexity index is 3820. The highest BCUT2D eigenvalue weighted by Gasteiger charge is 2.26. The molecule has 264 valence electrons. The minimum absolute atomic E-state index is 0.827. The molecule has 3 nitrogen and oxygen atoms in total. The summed E-state index contributed by atoms with van der Waals surface area (Å²) < 4.78 is 7.56. The van der Waals surface area contributed by atoms with Gasteiger partial charge in [-0.25, -0.2) is 9.97 Å². The number of para-hydroxylation sites is 1. The molecule has 0 saturated heterocycles. The topological polar surface area (TPSA) is 30.7 Å². The molecule has 0 aliphatic rings. The first-order chi connectivity index (χ1) is 28.3. The van der Waals surface area contributed by atoms with Crippen LogP contribution in [-0.4, -0.2) is 14.5 Å². The van der Waals surface area contributed by atoms with Crippen molar-refractivity contribution >= 4 is 117 Å². The van der Waals surface area contributed by atoms with Gasteiger partial charge in [-0.15, -0.1) is 22.7 Å². The Morgan fingerprint density at radius 1 is 0.421 bits per heavy atom. The van der Waals surface area contributed by atoms with Crippen LogP contribution in [0.15, 0.2) is 176 Å². The Kier molecular flexibility index (Phi) is 6.48. The van der Waals surface area contributed by atoms with E-state index in [1.807, 2.05) is 22.7 Å². The van der Waals surface area contributed by atoms with Gasteiger partial charge in [-0.2, -0.15) is 0 Å². The third-order valence-corrected chi connectivity index (χ3v) is 14.1. The first-order valence-corrected chi connectivity index (χ1v) is 20.9. The second-order valence-corrected chi connectivity index (χ2v) is 17.0. The second kappa shape index (κ2) is 11.8. The van der Waals surface area contributed by atoms with Gasteiger partial charge in [0.05, 0.1) is 22.1 Å². The normalized spacial score (nSPS) is 12.2. The Hall–Kier alpha value is -6.92. The van der Waals surface area contributed by atoms with Crippen LogP contribution in [0.5, 0.6) is 0 Å². The second-order valence-electron chi connectivity index (χ2n) is 14.8. The zero-order valence-electron chi connectivity index (χ0n) is 30.4. The van der Waals surface area contributed by atoms with Crippen LogP contribution < -0.4 is 0 Å². The Morgan fingerprint density at radius 2 is 1.12 bits per heavy atom. The zero-order valence-corrected chi connectivity index (χ0v) is 32.0. The quantitative estimate of drug-likeness (QED) is 0.168. The van der Waals surface area contributed by atoms with Gasteiger partial charge in [0.2, 0.25) is 0 Å². The maximum Gasteiger partial charge on any atom is 0.165 e. The summed E-state index contributed by atoms with van der Waals surface area (Å²) >= 11 is 3.78. The van der Waals surface area contributed by atoms with Gasteiger partial charge in [0.1, 0.15) is 5.69 Å². The largest absolute Gasteiger partial charge is 0.292 e. The Balaban J connectivity index is 1.27. The molecular formula is C52H29N3S2. The van der Waals surface area contributed by atoms with Crippen LogP contribution in [-0.2, 0) is 0 Å². The first-order valence-electron chi connectivity index (χ1n) is 19.2. The van der Waals surface area contributed by atoms with E-state index in [1.54, 1.807) is 0 Å². The van der Waals surface area contributed by atoms with E-state index in [0.29, 0.717) is 0 Å². The summed E-state index contributed by atoms with van der Waals surface area (Å²) in [5.41, 5.74) is 8.44. The van der Waals surface area contributed by atoms with Crippen LogP contribution in [0.2, 0.25) is 0 Å². The number of rotatable bonds is 3. The van der Waals surface area contributed by atoms with Crippen LogP contribution in [0.4, 0.5) is 0 Å². The highest BCUT2D eigenvalue weighted by molar-refractivity contribution is 7.27. The SMILES string of the molecule is c1ccc(-c2nc3ccc4ccccc4c3nc2-n2c3ccccc3c3c(-c4cccc5c4sc4ccccc45)c4c(cc32)sc2ccc3ccccc3c24)cc1. The van der Waals surface area contributed by atoms with Crippen molar-refractivity contribution in [2.24, 2.45) is 0 Å². The Morgan fingerprint density at radius 3 is 2.00 bits per heavy atom. The minimum atomic E-state index is 0.827. The predicted octanol–water partition coefficient (Wildman–Crippen LogP) is 15.1. The third kappa shape index (κ3) is 4.41. The van der Waals surface area contributed by atoms with Gasteiger partial charge in [-0.1, -0.05) is 146 Å². The smallest absolute Gasteiger partial charge is 0.165 e. The number of nitrogens with zero attached hydrogens (tertiary/aromatic N) is 3. The molecule has 57 heavy (non-hydrogen) atoms. The molecule has 0 amide bonds. The number of hydrogen-bond donors (Lipinski definition) is 0. The highest BCUT2D eigenvalue weighted by Crippen LogP contribution is 2.52. The minimum Gasteiger partial charge on any atom is -0.292 e. The van der Waals surface area contributed by atoms with Crippen molar-refractivity contribution in [2.75, 3.05) is 0 Å². The molecule has 0 N–H and O–H groups in total. The van der Waals surface area contributed by atoms with Gasteiger partial charge < -0.3 is 0 Å². The average molecular weight is 760 g/mol. The van der Waals surface area contributed by atoms with E-state index in [1.165, 1.54) is 73.0 Å². The lowest BCUT2D eigenvalue weighted by Gasteiger charge is -2.15. The number of thiophene rings is 2. The van der Waals surface area contributed by atoms with E-state index >= 15 is 0 Å². The molecule has 13 aromatic rings. The molecule has 5 heteroatoms. The van der Waals surface area contributed by atoms with E-state index in [4.69, 9.17) is 9.97 Å². The van der Waals surface area contributed by atoms with E-state index in [2.05, 4.69) is 180 Å². The van der Waals surface area contributed by atoms with Crippen LogP contribution in [0.3, 0.4) is 0 Å². The summed E-state index contributed by atoms with van der Waals surface area (Å²) in [4.78, 5) is 11.1. The molecule has 0 unspecified atom stereocenters. The molecule has 0 aliphatic heterocycles. The van der Waals surface area contributed by atoms with Gasteiger partial charge in [0, 0.05) is 73.2 Å². The molecule has 0 saturated carbocycles. The number of aromatic nitrogens is 3. The van der Waals surface area contributed by atoms with Gasteiger partial charge in [0.25, 0.3) is 0 Å². The molecule has 4 heterocycles. The number of fused-ring (bicyclic) bond motifs is 14. The van der Waals surface area contributed by atoms with Crippen LogP contribution in [0, 0.1) is 0 Å². The maximum absolute atomic E-state index is 5.67. The van der Waals surface area contributed by atoms with Gasteiger partial charge in [-0.3, -0.25) is 4.57 Å². The summed E-state index contributed by atoms with van der Waals surface area (Å²) in [6.07, 6.45) is 0. The molecule has 0 aliphatic carbocycles. The summed E-state index contributed by atoms with van der Waals surface area (Å²) in [6, 6.07) is 63.8. The molecule has 0 fully saturated rings. The lowest BCUT2D eigenvalue weighted by atomic mass is 9.92. The van der Waals surface area contributed by atoms with Crippen LogP contribution in [0.1, 0.15) is 0 Å². The average Bonchev–Trinajstić information content (AvgIpc) is 3.95.